The summed E-state index contributed by atoms with van der Waals surface area (Å²) in [7, 11) is 0. The third-order valence-electron chi connectivity index (χ3n) is 6.60. The SMILES string of the molecule is CCCCC1CCC(C2CCC(CC/C=C/CCF)CC2)CC1. The fraction of sp³-hybridized carbons (Fsp3) is 0.909. The van der Waals surface area contributed by atoms with Crippen LogP contribution in [-0.4, -0.2) is 6.67 Å². The first kappa shape index (κ1) is 19.0. The molecule has 2 rings (SSSR count). The van der Waals surface area contributed by atoms with E-state index in [1.165, 1.54) is 77.0 Å². The van der Waals surface area contributed by atoms with Crippen LogP contribution in [0.15, 0.2) is 12.2 Å². The molecule has 23 heavy (non-hydrogen) atoms. The summed E-state index contributed by atoms with van der Waals surface area (Å²) in [6.07, 6.45) is 23.6. The van der Waals surface area contributed by atoms with Crippen molar-refractivity contribution in [2.75, 3.05) is 6.67 Å². The zero-order chi connectivity index (χ0) is 16.3. The van der Waals surface area contributed by atoms with Gasteiger partial charge in [-0.1, -0.05) is 64.0 Å². The fourth-order valence-electron chi connectivity index (χ4n) is 5.02. The second kappa shape index (κ2) is 11.3. The summed E-state index contributed by atoms with van der Waals surface area (Å²) in [5, 5.41) is 0. The van der Waals surface area contributed by atoms with E-state index in [0.717, 1.165) is 30.1 Å². The molecule has 134 valence electrons. The molecule has 0 heterocycles. The Kier molecular flexibility index (Phi) is 9.31. The van der Waals surface area contributed by atoms with Gasteiger partial charge in [0.1, 0.15) is 0 Å². The van der Waals surface area contributed by atoms with Crippen LogP contribution in [0.25, 0.3) is 0 Å². The number of allylic oxidation sites excluding steroid dienone is 2. The lowest BCUT2D eigenvalue weighted by atomic mass is 9.68. The van der Waals surface area contributed by atoms with Crippen molar-refractivity contribution in [3.8, 4) is 0 Å². The molecule has 1 heteroatoms. The van der Waals surface area contributed by atoms with E-state index in [-0.39, 0.29) is 6.67 Å². The molecular weight excluding hydrogens is 283 g/mol. The van der Waals surface area contributed by atoms with Gasteiger partial charge in [0.2, 0.25) is 0 Å². The van der Waals surface area contributed by atoms with Gasteiger partial charge in [0, 0.05) is 0 Å². The van der Waals surface area contributed by atoms with Crippen LogP contribution in [-0.2, 0) is 0 Å². The zero-order valence-corrected chi connectivity index (χ0v) is 15.4. The van der Waals surface area contributed by atoms with Gasteiger partial charge < -0.3 is 0 Å². The molecule has 0 bridgehead atoms. The predicted octanol–water partition coefficient (Wildman–Crippen LogP) is 7.49. The van der Waals surface area contributed by atoms with E-state index in [1.807, 2.05) is 6.08 Å². The first-order valence-corrected chi connectivity index (χ1v) is 10.5. The highest BCUT2D eigenvalue weighted by Gasteiger charge is 2.30. The van der Waals surface area contributed by atoms with E-state index >= 15 is 0 Å². The van der Waals surface area contributed by atoms with Crippen LogP contribution in [0.5, 0.6) is 0 Å². The van der Waals surface area contributed by atoms with Gasteiger partial charge in [0.15, 0.2) is 0 Å². The highest BCUT2D eigenvalue weighted by atomic mass is 19.1. The zero-order valence-electron chi connectivity index (χ0n) is 15.4. The first-order valence-electron chi connectivity index (χ1n) is 10.5. The average Bonchev–Trinajstić information content (AvgIpc) is 2.61. The number of rotatable bonds is 9. The third kappa shape index (κ3) is 6.98. The Hall–Kier alpha value is -0.330. The quantitative estimate of drug-likeness (QED) is 0.386. The van der Waals surface area contributed by atoms with Gasteiger partial charge >= 0.3 is 0 Å². The van der Waals surface area contributed by atoms with Crippen LogP contribution < -0.4 is 0 Å². The lowest BCUT2D eigenvalue weighted by Gasteiger charge is -2.38. The molecule has 0 atom stereocenters. The van der Waals surface area contributed by atoms with Gasteiger partial charge in [0.05, 0.1) is 6.67 Å². The van der Waals surface area contributed by atoms with Gasteiger partial charge in [0.25, 0.3) is 0 Å². The minimum atomic E-state index is -0.206. The molecule has 2 fully saturated rings. The molecular formula is C22H39F. The topological polar surface area (TPSA) is 0 Å². The summed E-state index contributed by atoms with van der Waals surface area (Å²) in [6.45, 7) is 2.11. The number of alkyl halides is 1. The van der Waals surface area contributed by atoms with Gasteiger partial charge in [-0.3, -0.25) is 4.39 Å². The van der Waals surface area contributed by atoms with Crippen molar-refractivity contribution in [3.05, 3.63) is 12.2 Å². The van der Waals surface area contributed by atoms with Gasteiger partial charge in [-0.25, -0.2) is 0 Å². The van der Waals surface area contributed by atoms with E-state index in [4.69, 9.17) is 0 Å². The summed E-state index contributed by atoms with van der Waals surface area (Å²) < 4.78 is 12.0. The summed E-state index contributed by atoms with van der Waals surface area (Å²) in [5.74, 6) is 4.10. The van der Waals surface area contributed by atoms with E-state index in [0.29, 0.717) is 6.42 Å². The molecule has 0 N–H and O–H groups in total. The van der Waals surface area contributed by atoms with Crippen molar-refractivity contribution >= 4 is 0 Å². The molecule has 0 aromatic heterocycles. The normalized spacial score (nSPS) is 32.4. The molecule has 2 aliphatic carbocycles. The van der Waals surface area contributed by atoms with Crippen molar-refractivity contribution in [3.63, 3.8) is 0 Å². The first-order chi connectivity index (χ1) is 11.3. The van der Waals surface area contributed by atoms with Crippen LogP contribution in [0.4, 0.5) is 4.39 Å². The standard InChI is InChI=1S/C22H39F/c1-2-3-8-19-10-14-21(15-11-19)22-16-12-20(13-17-22)9-6-4-5-7-18-23/h4-5,19-22H,2-3,6-18H2,1H3/b5-4+. The number of hydrogen-bond acceptors (Lipinski definition) is 0. The molecule has 0 amide bonds. The smallest absolute Gasteiger partial charge is 0.0928 e. The molecule has 0 radical (unpaired) electrons. The second-order valence-corrected chi connectivity index (χ2v) is 8.23. The molecule has 0 aromatic carbocycles. The molecule has 0 aliphatic heterocycles. The van der Waals surface area contributed by atoms with E-state index < -0.39 is 0 Å². The van der Waals surface area contributed by atoms with Crippen molar-refractivity contribution in [2.45, 2.75) is 96.8 Å². The van der Waals surface area contributed by atoms with E-state index in [9.17, 15) is 4.39 Å². The number of halogens is 1. The van der Waals surface area contributed by atoms with Crippen molar-refractivity contribution in [2.24, 2.45) is 23.7 Å². The molecule has 2 aliphatic rings. The maximum absolute atomic E-state index is 12.0. The van der Waals surface area contributed by atoms with Crippen LogP contribution >= 0.6 is 0 Å². The van der Waals surface area contributed by atoms with E-state index in [2.05, 4.69) is 13.0 Å². The molecule has 0 spiro atoms. The van der Waals surface area contributed by atoms with Gasteiger partial charge in [-0.05, 0) is 68.6 Å². The van der Waals surface area contributed by atoms with Crippen molar-refractivity contribution in [1.82, 2.24) is 0 Å². The Bertz CT molecular complexity index is 306. The van der Waals surface area contributed by atoms with Crippen LogP contribution in [0.1, 0.15) is 96.8 Å². The maximum atomic E-state index is 12.0. The molecule has 0 unspecified atom stereocenters. The molecule has 0 nitrogen and oxygen atoms in total. The summed E-state index contributed by atoms with van der Waals surface area (Å²) in [6, 6.07) is 0. The second-order valence-electron chi connectivity index (χ2n) is 8.23. The van der Waals surface area contributed by atoms with Gasteiger partial charge in [-0.15, -0.1) is 0 Å². The van der Waals surface area contributed by atoms with Crippen LogP contribution in [0.3, 0.4) is 0 Å². The summed E-state index contributed by atoms with van der Waals surface area (Å²) in [4.78, 5) is 0. The predicted molar refractivity (Wildman–Crippen MR) is 99.4 cm³/mol. The molecule has 0 saturated heterocycles. The molecule has 0 aromatic rings. The highest BCUT2D eigenvalue weighted by Crippen LogP contribution is 2.43. The highest BCUT2D eigenvalue weighted by molar-refractivity contribution is 4.85. The summed E-state index contributed by atoms with van der Waals surface area (Å²) >= 11 is 0. The molecule has 2 saturated carbocycles. The Morgan fingerprint density at radius 3 is 1.78 bits per heavy atom. The van der Waals surface area contributed by atoms with Crippen molar-refractivity contribution < 1.29 is 4.39 Å². The minimum Gasteiger partial charge on any atom is -0.251 e. The average molecular weight is 323 g/mol. The van der Waals surface area contributed by atoms with Crippen molar-refractivity contribution in [1.29, 1.82) is 0 Å². The summed E-state index contributed by atoms with van der Waals surface area (Å²) in [5.41, 5.74) is 0. The number of unbranched alkanes of at least 4 members (excludes halogenated alkanes) is 1. The minimum absolute atomic E-state index is 0.206. The van der Waals surface area contributed by atoms with Crippen LogP contribution in [0.2, 0.25) is 0 Å². The van der Waals surface area contributed by atoms with E-state index in [1.54, 1.807) is 0 Å². The van der Waals surface area contributed by atoms with Gasteiger partial charge in [-0.2, -0.15) is 0 Å². The Morgan fingerprint density at radius 2 is 1.26 bits per heavy atom. The monoisotopic (exact) mass is 322 g/mol. The Labute approximate surface area is 144 Å². The fourth-order valence-corrected chi connectivity index (χ4v) is 5.02. The largest absolute Gasteiger partial charge is 0.251 e. The Morgan fingerprint density at radius 1 is 0.739 bits per heavy atom. The third-order valence-corrected chi connectivity index (χ3v) is 6.60. The lowest BCUT2D eigenvalue weighted by Crippen LogP contribution is -2.25. The maximum Gasteiger partial charge on any atom is 0.0928 e. The van der Waals surface area contributed by atoms with Crippen LogP contribution in [0, 0.1) is 23.7 Å². The Balaban J connectivity index is 1.58. The number of hydrogen-bond donors (Lipinski definition) is 0. The lowest BCUT2D eigenvalue weighted by molar-refractivity contribution is 0.141.